The molecule has 0 aliphatic heterocycles. The highest BCUT2D eigenvalue weighted by molar-refractivity contribution is 9.10. The van der Waals surface area contributed by atoms with E-state index >= 15 is 0 Å². The molecule has 0 saturated heterocycles. The monoisotopic (exact) mass is 297 g/mol. The molecule has 17 heavy (non-hydrogen) atoms. The quantitative estimate of drug-likeness (QED) is 0.757. The minimum atomic E-state index is -2.33. The van der Waals surface area contributed by atoms with Gasteiger partial charge in [-0.05, 0) is 46.5 Å². The van der Waals surface area contributed by atoms with Crippen LogP contribution in [-0.2, 0) is 24.6 Å². The first kappa shape index (κ1) is 8.27. The van der Waals surface area contributed by atoms with Crippen molar-refractivity contribution in [2.75, 3.05) is 7.04 Å². The average Bonchev–Trinajstić information content (AvgIpc) is 2.61. The van der Waals surface area contributed by atoms with Crippen molar-refractivity contribution in [2.45, 2.75) is 25.4 Å². The Bertz CT molecular complexity index is 666. The smallest absolute Gasteiger partial charge is 0.141 e. The van der Waals surface area contributed by atoms with E-state index in [4.69, 9.17) is 8.85 Å². The molecule has 3 rings (SSSR count). The lowest BCUT2D eigenvalue weighted by molar-refractivity contribution is 0.0908. The van der Waals surface area contributed by atoms with Crippen LogP contribution in [0, 0.1) is 0 Å². The molecule has 2 aromatic heterocycles. The molecule has 0 aromatic carbocycles. The third-order valence-electron chi connectivity index (χ3n) is 3.54. The summed E-state index contributed by atoms with van der Waals surface area (Å²) in [6.45, 7) is 0. The van der Waals surface area contributed by atoms with Gasteiger partial charge < -0.3 is 9.30 Å². The molecular formula is C13H15BrN2O. The van der Waals surface area contributed by atoms with Gasteiger partial charge in [-0.1, -0.05) is 0 Å². The largest absolute Gasteiger partial charge is 0.381 e. The molecule has 1 aliphatic rings. The summed E-state index contributed by atoms with van der Waals surface area (Å²) in [4.78, 5) is 4.51. The van der Waals surface area contributed by atoms with Crippen molar-refractivity contribution in [3.05, 3.63) is 28.0 Å². The maximum absolute atomic E-state index is 7.24. The number of halogens is 1. The zero-order valence-electron chi connectivity index (χ0n) is 12.5. The fraction of sp³-hybridized carbons (Fsp3) is 0.462. The average molecular weight is 298 g/mol. The van der Waals surface area contributed by atoms with E-state index in [0.29, 0.717) is 6.42 Å². The van der Waals surface area contributed by atoms with E-state index < -0.39 is 7.04 Å². The van der Waals surface area contributed by atoms with E-state index in [1.54, 1.807) is 0 Å². The SMILES string of the molecule is [2H]C([2H])([2H])OC1CCc2c(c3ccc(Br)nc3n2C)C1. The Kier molecular flexibility index (Phi) is 2.00. The number of nitrogens with zero attached hydrogens (tertiary/aromatic N) is 2. The molecule has 1 aliphatic carbocycles. The van der Waals surface area contributed by atoms with Crippen molar-refractivity contribution in [3.63, 3.8) is 0 Å². The molecule has 3 nitrogen and oxygen atoms in total. The molecule has 0 radical (unpaired) electrons. The van der Waals surface area contributed by atoms with Crippen LogP contribution in [-0.4, -0.2) is 22.7 Å². The Labute approximate surface area is 113 Å². The van der Waals surface area contributed by atoms with Crippen molar-refractivity contribution in [1.29, 1.82) is 0 Å². The molecule has 0 amide bonds. The number of fused-ring (bicyclic) bond motifs is 3. The number of ether oxygens (including phenoxy) is 1. The highest BCUT2D eigenvalue weighted by Gasteiger charge is 2.24. The normalized spacial score (nSPS) is 22.9. The number of pyridine rings is 1. The van der Waals surface area contributed by atoms with Crippen LogP contribution in [0.1, 0.15) is 21.8 Å². The van der Waals surface area contributed by atoms with E-state index in [-0.39, 0.29) is 6.10 Å². The van der Waals surface area contributed by atoms with Crippen molar-refractivity contribution >= 4 is 27.0 Å². The summed E-state index contributed by atoms with van der Waals surface area (Å²) < 4.78 is 29.8. The highest BCUT2D eigenvalue weighted by atomic mass is 79.9. The van der Waals surface area contributed by atoms with Crippen LogP contribution in [0.25, 0.3) is 11.0 Å². The van der Waals surface area contributed by atoms with Gasteiger partial charge in [0.15, 0.2) is 0 Å². The third kappa shape index (κ3) is 1.70. The van der Waals surface area contributed by atoms with E-state index in [1.807, 2.05) is 19.2 Å². The van der Waals surface area contributed by atoms with Crippen molar-refractivity contribution < 1.29 is 8.85 Å². The number of hydrogen-bond acceptors (Lipinski definition) is 2. The second-order valence-electron chi connectivity index (χ2n) is 4.47. The predicted molar refractivity (Wildman–Crippen MR) is 71.2 cm³/mol. The molecule has 0 spiro atoms. The van der Waals surface area contributed by atoms with Gasteiger partial charge >= 0.3 is 0 Å². The zero-order chi connectivity index (χ0) is 14.5. The summed E-state index contributed by atoms with van der Waals surface area (Å²) in [5, 5.41) is 1.09. The lowest BCUT2D eigenvalue weighted by atomic mass is 9.93. The van der Waals surface area contributed by atoms with Gasteiger partial charge in [0.1, 0.15) is 10.3 Å². The number of aryl methyl sites for hydroxylation is 1. The van der Waals surface area contributed by atoms with Crippen LogP contribution in [0.15, 0.2) is 16.7 Å². The minimum Gasteiger partial charge on any atom is -0.381 e. The van der Waals surface area contributed by atoms with Gasteiger partial charge in [0.05, 0.1) is 10.2 Å². The topological polar surface area (TPSA) is 27.1 Å². The predicted octanol–water partition coefficient (Wildman–Crippen LogP) is 2.84. The molecule has 0 N–H and O–H groups in total. The Morgan fingerprint density at radius 3 is 3.29 bits per heavy atom. The van der Waals surface area contributed by atoms with E-state index in [1.165, 1.54) is 11.3 Å². The van der Waals surface area contributed by atoms with Crippen LogP contribution in [0.3, 0.4) is 0 Å². The van der Waals surface area contributed by atoms with Gasteiger partial charge in [-0.2, -0.15) is 0 Å². The molecule has 4 heteroatoms. The molecular weight excluding hydrogens is 280 g/mol. The summed E-state index contributed by atoms with van der Waals surface area (Å²) in [5.41, 5.74) is 3.33. The summed E-state index contributed by atoms with van der Waals surface area (Å²) >= 11 is 3.39. The Morgan fingerprint density at radius 1 is 1.59 bits per heavy atom. The number of methoxy groups -OCH3 is 1. The van der Waals surface area contributed by atoms with Gasteiger partial charge in [0.2, 0.25) is 0 Å². The van der Waals surface area contributed by atoms with Crippen molar-refractivity contribution in [1.82, 2.24) is 9.55 Å². The van der Waals surface area contributed by atoms with Gasteiger partial charge in [-0.25, -0.2) is 4.98 Å². The Morgan fingerprint density at radius 2 is 2.47 bits per heavy atom. The highest BCUT2D eigenvalue weighted by Crippen LogP contribution is 2.32. The standard InChI is InChI=1S/C13H15BrN2O/c1-16-11-5-3-8(17-2)7-10(11)9-4-6-12(14)15-13(9)16/h4,6,8H,3,5,7H2,1-2H3/i2D3. The molecule has 1 atom stereocenters. The molecule has 0 fully saturated rings. The second kappa shape index (κ2) is 4.10. The van der Waals surface area contributed by atoms with Crippen LogP contribution in [0.4, 0.5) is 0 Å². The third-order valence-corrected chi connectivity index (χ3v) is 3.98. The fourth-order valence-electron chi connectivity index (χ4n) is 2.68. The van der Waals surface area contributed by atoms with E-state index in [0.717, 1.165) is 28.5 Å². The van der Waals surface area contributed by atoms with E-state index in [2.05, 4.69) is 25.5 Å². The van der Waals surface area contributed by atoms with Gasteiger partial charge in [0, 0.05) is 31.6 Å². The summed E-state index contributed by atoms with van der Waals surface area (Å²) in [6, 6.07) is 3.94. The van der Waals surface area contributed by atoms with Crippen molar-refractivity contribution in [2.24, 2.45) is 7.05 Å². The van der Waals surface area contributed by atoms with E-state index in [9.17, 15) is 0 Å². The van der Waals surface area contributed by atoms with Gasteiger partial charge in [0.25, 0.3) is 0 Å². The molecule has 1 unspecified atom stereocenters. The van der Waals surface area contributed by atoms with Gasteiger partial charge in [-0.3, -0.25) is 0 Å². The van der Waals surface area contributed by atoms with Crippen LogP contribution < -0.4 is 0 Å². The minimum absolute atomic E-state index is 0.246. The Balaban J connectivity index is 2.01. The molecule has 90 valence electrons. The Hall–Kier alpha value is -0.870. The second-order valence-corrected chi connectivity index (χ2v) is 5.28. The molecule has 0 bridgehead atoms. The van der Waals surface area contributed by atoms with Crippen molar-refractivity contribution in [3.8, 4) is 0 Å². The number of rotatable bonds is 1. The molecule has 2 heterocycles. The zero-order valence-corrected chi connectivity index (χ0v) is 11.1. The summed E-state index contributed by atoms with van der Waals surface area (Å²) in [6.07, 6.45) is 1.94. The summed E-state index contributed by atoms with van der Waals surface area (Å²) in [5.74, 6) is 0. The van der Waals surface area contributed by atoms with Gasteiger partial charge in [-0.15, -0.1) is 0 Å². The lowest BCUT2D eigenvalue weighted by Crippen LogP contribution is -2.21. The lowest BCUT2D eigenvalue weighted by Gasteiger charge is -2.21. The van der Waals surface area contributed by atoms with Crippen LogP contribution in [0.2, 0.25) is 0 Å². The first-order valence-corrected chi connectivity index (χ1v) is 6.45. The van der Waals surface area contributed by atoms with Crippen LogP contribution in [0.5, 0.6) is 0 Å². The maximum Gasteiger partial charge on any atom is 0.141 e. The van der Waals surface area contributed by atoms with Crippen LogP contribution >= 0.6 is 15.9 Å². The number of hydrogen-bond donors (Lipinski definition) is 0. The summed E-state index contributed by atoms with van der Waals surface area (Å²) in [7, 11) is -0.320. The molecule has 0 saturated carbocycles. The fourth-order valence-corrected chi connectivity index (χ4v) is 2.98. The first-order valence-electron chi connectivity index (χ1n) is 7.15. The number of aromatic nitrogens is 2. The first-order chi connectivity index (χ1) is 9.35. The maximum atomic E-state index is 7.24. The molecule has 2 aromatic rings.